The molecular formula is C28H38O4. The second-order valence-electron chi connectivity index (χ2n) is 8.93. The lowest BCUT2D eigenvalue weighted by atomic mass is 9.64. The third-order valence-electron chi connectivity index (χ3n) is 6.80. The molecule has 3 rings (SSSR count). The van der Waals surface area contributed by atoms with Crippen molar-refractivity contribution < 1.29 is 18.9 Å². The molecule has 4 heteroatoms. The highest BCUT2D eigenvalue weighted by molar-refractivity contribution is 5.14. The van der Waals surface area contributed by atoms with E-state index in [0.717, 1.165) is 31.4 Å². The van der Waals surface area contributed by atoms with Crippen LogP contribution in [-0.2, 0) is 32.2 Å². The van der Waals surface area contributed by atoms with Crippen LogP contribution in [-0.4, -0.2) is 32.7 Å². The molecule has 0 spiro atoms. The number of hydrogen-bond donors (Lipinski definition) is 0. The first kappa shape index (κ1) is 24.7. The highest BCUT2D eigenvalue weighted by atomic mass is 16.7. The van der Waals surface area contributed by atoms with Crippen molar-refractivity contribution >= 4 is 0 Å². The van der Waals surface area contributed by atoms with Crippen molar-refractivity contribution in [3.8, 4) is 0 Å². The van der Waals surface area contributed by atoms with E-state index in [1.54, 1.807) is 14.2 Å². The zero-order valence-corrected chi connectivity index (χ0v) is 19.7. The molecular weight excluding hydrogens is 400 g/mol. The number of allylic oxidation sites excluding steroid dienone is 1. The van der Waals surface area contributed by atoms with Crippen molar-refractivity contribution in [1.29, 1.82) is 0 Å². The van der Waals surface area contributed by atoms with Crippen LogP contribution in [0.2, 0.25) is 0 Å². The van der Waals surface area contributed by atoms with Crippen LogP contribution in [0.5, 0.6) is 0 Å². The smallest absolute Gasteiger partial charge is 0.186 e. The van der Waals surface area contributed by atoms with Crippen LogP contribution in [0.1, 0.15) is 37.3 Å². The molecule has 0 aromatic heterocycles. The molecule has 1 saturated carbocycles. The first-order valence-corrected chi connectivity index (χ1v) is 11.6. The second kappa shape index (κ2) is 12.3. The van der Waals surface area contributed by atoms with Crippen LogP contribution < -0.4 is 0 Å². The van der Waals surface area contributed by atoms with E-state index in [2.05, 4.69) is 49.9 Å². The van der Waals surface area contributed by atoms with Gasteiger partial charge < -0.3 is 18.9 Å². The van der Waals surface area contributed by atoms with Gasteiger partial charge in [-0.05, 0) is 48.1 Å². The SMILES string of the molecule is C=CC[C@H]1C[C@H](COCc2ccccc2)[C@@H](C)C[C@@]1(OCc1ccccc1)C(OC)OC. The fraction of sp³-hybridized carbons (Fsp3) is 0.500. The highest BCUT2D eigenvalue weighted by Gasteiger charge is 2.52. The van der Waals surface area contributed by atoms with E-state index in [4.69, 9.17) is 18.9 Å². The van der Waals surface area contributed by atoms with Gasteiger partial charge in [-0.25, -0.2) is 0 Å². The van der Waals surface area contributed by atoms with E-state index in [9.17, 15) is 0 Å². The van der Waals surface area contributed by atoms with E-state index in [1.165, 1.54) is 5.56 Å². The van der Waals surface area contributed by atoms with Crippen molar-refractivity contribution in [2.24, 2.45) is 17.8 Å². The third kappa shape index (κ3) is 6.08. The molecule has 2 aromatic rings. The molecule has 0 amide bonds. The quantitative estimate of drug-likeness (QED) is 0.300. The van der Waals surface area contributed by atoms with Crippen LogP contribution in [0.25, 0.3) is 0 Å². The molecule has 32 heavy (non-hydrogen) atoms. The average Bonchev–Trinajstić information content (AvgIpc) is 2.82. The topological polar surface area (TPSA) is 36.9 Å². The first-order chi connectivity index (χ1) is 15.6. The zero-order valence-electron chi connectivity index (χ0n) is 19.7. The Morgan fingerprint density at radius 2 is 1.56 bits per heavy atom. The summed E-state index contributed by atoms with van der Waals surface area (Å²) in [6, 6.07) is 20.6. The maximum Gasteiger partial charge on any atom is 0.186 e. The predicted molar refractivity (Wildman–Crippen MR) is 128 cm³/mol. The van der Waals surface area contributed by atoms with E-state index in [0.29, 0.717) is 25.0 Å². The van der Waals surface area contributed by atoms with E-state index in [-0.39, 0.29) is 5.92 Å². The van der Waals surface area contributed by atoms with Crippen LogP contribution in [0.3, 0.4) is 0 Å². The Hall–Kier alpha value is -1.98. The summed E-state index contributed by atoms with van der Waals surface area (Å²) in [5, 5.41) is 0. The lowest BCUT2D eigenvalue weighted by Gasteiger charge is -2.51. The Kier molecular flexibility index (Phi) is 9.49. The van der Waals surface area contributed by atoms with Gasteiger partial charge >= 0.3 is 0 Å². The second-order valence-corrected chi connectivity index (χ2v) is 8.93. The summed E-state index contributed by atoms with van der Waals surface area (Å²) in [6.07, 6.45) is 4.24. The largest absolute Gasteiger partial charge is 0.376 e. The molecule has 1 fully saturated rings. The number of hydrogen-bond acceptors (Lipinski definition) is 4. The Labute approximate surface area is 193 Å². The molecule has 0 heterocycles. The highest BCUT2D eigenvalue weighted by Crippen LogP contribution is 2.48. The summed E-state index contributed by atoms with van der Waals surface area (Å²) in [5.74, 6) is 1.09. The van der Waals surface area contributed by atoms with Gasteiger partial charge in [-0.1, -0.05) is 73.7 Å². The summed E-state index contributed by atoms with van der Waals surface area (Å²) in [6.45, 7) is 8.23. The number of rotatable bonds is 12. The van der Waals surface area contributed by atoms with Crippen molar-refractivity contribution in [2.45, 2.75) is 51.3 Å². The van der Waals surface area contributed by atoms with Gasteiger partial charge in [0.15, 0.2) is 6.29 Å². The molecule has 0 bridgehead atoms. The molecule has 0 radical (unpaired) electrons. The van der Waals surface area contributed by atoms with Crippen molar-refractivity contribution in [2.75, 3.05) is 20.8 Å². The Bertz CT molecular complexity index is 790. The van der Waals surface area contributed by atoms with Crippen molar-refractivity contribution in [3.63, 3.8) is 0 Å². The lowest BCUT2D eigenvalue weighted by molar-refractivity contribution is -0.278. The third-order valence-corrected chi connectivity index (χ3v) is 6.80. The molecule has 174 valence electrons. The Morgan fingerprint density at radius 1 is 0.969 bits per heavy atom. The molecule has 2 aromatic carbocycles. The van der Waals surface area contributed by atoms with Gasteiger partial charge in [0.1, 0.15) is 5.60 Å². The van der Waals surface area contributed by atoms with Gasteiger partial charge in [0.25, 0.3) is 0 Å². The van der Waals surface area contributed by atoms with Crippen molar-refractivity contribution in [3.05, 3.63) is 84.4 Å². The van der Waals surface area contributed by atoms with Crippen LogP contribution in [0.15, 0.2) is 73.3 Å². The van der Waals surface area contributed by atoms with Gasteiger partial charge in [0, 0.05) is 14.2 Å². The summed E-state index contributed by atoms with van der Waals surface area (Å²) < 4.78 is 24.5. The first-order valence-electron chi connectivity index (χ1n) is 11.6. The van der Waals surface area contributed by atoms with Crippen LogP contribution >= 0.6 is 0 Å². The molecule has 4 nitrogen and oxygen atoms in total. The average molecular weight is 439 g/mol. The lowest BCUT2D eigenvalue weighted by Crippen LogP contribution is -2.57. The molecule has 1 aliphatic rings. The predicted octanol–water partition coefficient (Wildman–Crippen LogP) is 6.02. The van der Waals surface area contributed by atoms with Crippen LogP contribution in [0.4, 0.5) is 0 Å². The van der Waals surface area contributed by atoms with Crippen LogP contribution in [0, 0.1) is 17.8 Å². The minimum Gasteiger partial charge on any atom is -0.376 e. The monoisotopic (exact) mass is 438 g/mol. The van der Waals surface area contributed by atoms with E-state index in [1.807, 2.05) is 30.3 Å². The van der Waals surface area contributed by atoms with Gasteiger partial charge in [0.2, 0.25) is 0 Å². The summed E-state index contributed by atoms with van der Waals surface area (Å²) >= 11 is 0. The van der Waals surface area contributed by atoms with Gasteiger partial charge in [-0.2, -0.15) is 0 Å². The minimum atomic E-state index is -0.539. The molecule has 4 atom stereocenters. The normalized spacial score (nSPS) is 25.7. The fourth-order valence-corrected chi connectivity index (χ4v) is 5.09. The molecule has 0 unspecified atom stereocenters. The molecule has 0 saturated heterocycles. The Balaban J connectivity index is 1.74. The zero-order chi connectivity index (χ0) is 22.8. The van der Waals surface area contributed by atoms with E-state index < -0.39 is 11.9 Å². The van der Waals surface area contributed by atoms with Gasteiger partial charge in [-0.3, -0.25) is 0 Å². The van der Waals surface area contributed by atoms with Crippen molar-refractivity contribution in [1.82, 2.24) is 0 Å². The number of methoxy groups -OCH3 is 2. The van der Waals surface area contributed by atoms with Gasteiger partial charge in [-0.15, -0.1) is 6.58 Å². The Morgan fingerprint density at radius 3 is 2.12 bits per heavy atom. The van der Waals surface area contributed by atoms with E-state index >= 15 is 0 Å². The molecule has 1 aliphatic carbocycles. The molecule has 0 aliphatic heterocycles. The maximum absolute atomic E-state index is 6.72. The summed E-state index contributed by atoms with van der Waals surface area (Å²) in [5.41, 5.74) is 1.82. The van der Waals surface area contributed by atoms with Gasteiger partial charge in [0.05, 0.1) is 19.8 Å². The minimum absolute atomic E-state index is 0.232. The summed E-state index contributed by atoms with van der Waals surface area (Å²) in [7, 11) is 3.40. The fourth-order valence-electron chi connectivity index (χ4n) is 5.09. The molecule has 0 N–H and O–H groups in total. The standard InChI is InChI=1S/C28H38O4/c1-5-12-26-17-25(21-31-19-23-13-8-6-9-14-23)22(2)18-28(26,27(29-3)30-4)32-20-24-15-10-7-11-16-24/h5-11,13-16,22,25-27H,1,12,17-21H2,2-4H3/t22-,25+,26-,28-/m0/s1. The summed E-state index contributed by atoms with van der Waals surface area (Å²) in [4.78, 5) is 0. The number of benzene rings is 2. The maximum atomic E-state index is 6.72. The number of ether oxygens (including phenoxy) is 4.